The number of hydrogen-bond donors (Lipinski definition) is 2. The van der Waals surface area contributed by atoms with Gasteiger partial charge in [-0.05, 0) is 71.1 Å². The van der Waals surface area contributed by atoms with Crippen LogP contribution < -0.4 is 10.6 Å². The number of alkyl carbamates (subject to hydrolysis) is 1. The van der Waals surface area contributed by atoms with Gasteiger partial charge in [0, 0.05) is 34.6 Å². The molecule has 0 spiro atoms. The van der Waals surface area contributed by atoms with E-state index in [4.69, 9.17) is 4.74 Å². The highest BCUT2D eigenvalue weighted by Gasteiger charge is 2.26. The summed E-state index contributed by atoms with van der Waals surface area (Å²) in [6.45, 7) is 7.60. The number of hydrogen-bond acceptors (Lipinski definition) is 5. The molecule has 0 unspecified atom stereocenters. The quantitative estimate of drug-likeness (QED) is 0.470. The van der Waals surface area contributed by atoms with Crippen molar-refractivity contribution in [2.75, 3.05) is 5.32 Å². The molecule has 1 aliphatic rings. The first-order valence-corrected chi connectivity index (χ1v) is 11.8. The molecule has 3 rings (SSSR count). The van der Waals surface area contributed by atoms with Crippen LogP contribution in [0.25, 0.3) is 10.9 Å². The number of halogens is 1. The van der Waals surface area contributed by atoms with Crippen molar-refractivity contribution in [1.82, 2.24) is 10.3 Å². The van der Waals surface area contributed by atoms with Crippen molar-refractivity contribution in [3.8, 4) is 0 Å². The standard InChI is InChI=1S/C24H32BrN3O3/c1-5-6-21(29)19-14-26-20-12-7-15(25)13-18(20)22(19)27-16-8-10-17(11-9-16)28-23(30)31-24(2,3)4/h7,12-14,16-17H,5-6,8-11H2,1-4H3,(H,26,27)(H,28,30). The smallest absolute Gasteiger partial charge is 0.407 e. The predicted molar refractivity (Wildman–Crippen MR) is 128 cm³/mol. The van der Waals surface area contributed by atoms with Gasteiger partial charge in [-0.2, -0.15) is 0 Å². The zero-order chi connectivity index (χ0) is 22.6. The number of benzene rings is 1. The van der Waals surface area contributed by atoms with E-state index < -0.39 is 5.60 Å². The Hall–Kier alpha value is -2.15. The molecule has 1 heterocycles. The zero-order valence-corrected chi connectivity index (χ0v) is 20.3. The number of nitrogens with zero attached hydrogens (tertiary/aromatic N) is 1. The van der Waals surface area contributed by atoms with Gasteiger partial charge in [0.25, 0.3) is 0 Å². The fourth-order valence-corrected chi connectivity index (χ4v) is 4.31. The van der Waals surface area contributed by atoms with E-state index in [0.29, 0.717) is 12.0 Å². The van der Waals surface area contributed by atoms with Crippen molar-refractivity contribution in [1.29, 1.82) is 0 Å². The molecule has 1 aromatic heterocycles. The second-order valence-corrected chi connectivity index (χ2v) is 10.1. The SMILES string of the molecule is CCCC(=O)c1cnc2ccc(Br)cc2c1NC1CCC(NC(=O)OC(C)(C)C)CC1. The van der Waals surface area contributed by atoms with Crippen molar-refractivity contribution >= 4 is 44.4 Å². The fraction of sp³-hybridized carbons (Fsp3) is 0.542. The number of ketones is 1. The third kappa shape index (κ3) is 6.42. The number of ether oxygens (including phenoxy) is 1. The van der Waals surface area contributed by atoms with Crippen LogP contribution in [0.15, 0.2) is 28.9 Å². The molecule has 1 amide bonds. The number of nitrogens with one attached hydrogen (secondary N) is 2. The fourth-order valence-electron chi connectivity index (χ4n) is 3.95. The Morgan fingerprint density at radius 3 is 2.48 bits per heavy atom. The van der Waals surface area contributed by atoms with Gasteiger partial charge in [0.15, 0.2) is 5.78 Å². The van der Waals surface area contributed by atoms with Crippen molar-refractivity contribution in [3.63, 3.8) is 0 Å². The molecule has 1 aliphatic carbocycles. The van der Waals surface area contributed by atoms with Crippen LogP contribution in [-0.4, -0.2) is 34.5 Å². The van der Waals surface area contributed by atoms with E-state index in [2.05, 4.69) is 31.5 Å². The summed E-state index contributed by atoms with van der Waals surface area (Å²) in [5.74, 6) is 0.111. The summed E-state index contributed by atoms with van der Waals surface area (Å²) in [7, 11) is 0. The molecule has 2 aromatic rings. The number of Topliss-reactive ketones (excluding diaryl/α,β-unsaturated/α-hetero) is 1. The van der Waals surface area contributed by atoms with Crippen LogP contribution in [0, 0.1) is 0 Å². The van der Waals surface area contributed by atoms with Crippen LogP contribution in [0.5, 0.6) is 0 Å². The minimum absolute atomic E-state index is 0.109. The Morgan fingerprint density at radius 2 is 1.84 bits per heavy atom. The molecule has 0 atom stereocenters. The van der Waals surface area contributed by atoms with Gasteiger partial charge in [0.05, 0.1) is 16.8 Å². The van der Waals surface area contributed by atoms with E-state index in [1.54, 1.807) is 6.20 Å². The van der Waals surface area contributed by atoms with Crippen LogP contribution in [0.1, 0.15) is 76.6 Å². The van der Waals surface area contributed by atoms with Gasteiger partial charge >= 0.3 is 6.09 Å². The molecule has 7 heteroatoms. The van der Waals surface area contributed by atoms with E-state index in [1.165, 1.54) is 0 Å². The second-order valence-electron chi connectivity index (χ2n) is 9.22. The first-order chi connectivity index (χ1) is 14.7. The number of aromatic nitrogens is 1. The molecule has 2 N–H and O–H groups in total. The van der Waals surface area contributed by atoms with E-state index in [0.717, 1.165) is 53.2 Å². The molecular weight excluding hydrogens is 458 g/mol. The molecular formula is C24H32BrN3O3. The van der Waals surface area contributed by atoms with E-state index in [9.17, 15) is 9.59 Å². The lowest BCUT2D eigenvalue weighted by Gasteiger charge is -2.31. The number of amides is 1. The molecule has 1 aromatic carbocycles. The molecule has 0 bridgehead atoms. The minimum Gasteiger partial charge on any atom is -0.444 e. The molecule has 1 saturated carbocycles. The zero-order valence-electron chi connectivity index (χ0n) is 18.8. The first-order valence-electron chi connectivity index (χ1n) is 11.0. The number of pyridine rings is 1. The number of rotatable bonds is 6. The maximum absolute atomic E-state index is 12.8. The van der Waals surface area contributed by atoms with Crippen molar-refractivity contribution < 1.29 is 14.3 Å². The van der Waals surface area contributed by atoms with Gasteiger partial charge < -0.3 is 15.4 Å². The van der Waals surface area contributed by atoms with Crippen molar-refractivity contribution in [2.45, 2.75) is 83.9 Å². The first kappa shape index (κ1) is 23.5. The highest BCUT2D eigenvalue weighted by Crippen LogP contribution is 2.32. The average molecular weight is 490 g/mol. The van der Waals surface area contributed by atoms with Gasteiger partial charge in [-0.3, -0.25) is 9.78 Å². The van der Waals surface area contributed by atoms with Crippen LogP contribution in [0.3, 0.4) is 0 Å². The molecule has 31 heavy (non-hydrogen) atoms. The van der Waals surface area contributed by atoms with Crippen molar-refractivity contribution in [2.24, 2.45) is 0 Å². The molecule has 0 radical (unpaired) electrons. The van der Waals surface area contributed by atoms with Gasteiger partial charge in [0.1, 0.15) is 5.60 Å². The van der Waals surface area contributed by atoms with E-state index >= 15 is 0 Å². The molecule has 6 nitrogen and oxygen atoms in total. The van der Waals surface area contributed by atoms with Crippen LogP contribution in [0.2, 0.25) is 0 Å². The Labute approximate surface area is 192 Å². The maximum atomic E-state index is 12.8. The third-order valence-corrected chi connectivity index (χ3v) is 5.90. The topological polar surface area (TPSA) is 80.3 Å². The maximum Gasteiger partial charge on any atom is 0.407 e. The highest BCUT2D eigenvalue weighted by molar-refractivity contribution is 9.10. The summed E-state index contributed by atoms with van der Waals surface area (Å²) in [6, 6.07) is 6.27. The lowest BCUT2D eigenvalue weighted by atomic mass is 9.90. The number of anilines is 1. The van der Waals surface area contributed by atoms with Gasteiger partial charge in [-0.1, -0.05) is 22.9 Å². The summed E-state index contributed by atoms with van der Waals surface area (Å²) in [5.41, 5.74) is 1.88. The Bertz CT molecular complexity index is 947. The predicted octanol–water partition coefficient (Wildman–Crippen LogP) is 6.23. The van der Waals surface area contributed by atoms with Crippen LogP contribution >= 0.6 is 15.9 Å². The van der Waals surface area contributed by atoms with Crippen LogP contribution in [0.4, 0.5) is 10.5 Å². The highest BCUT2D eigenvalue weighted by atomic mass is 79.9. The summed E-state index contributed by atoms with van der Waals surface area (Å²) in [5, 5.41) is 7.58. The largest absolute Gasteiger partial charge is 0.444 e. The molecule has 1 fully saturated rings. The minimum atomic E-state index is -0.499. The Balaban J connectivity index is 1.73. The summed E-state index contributed by atoms with van der Waals surface area (Å²) in [4.78, 5) is 29.3. The lowest BCUT2D eigenvalue weighted by molar-refractivity contribution is 0.0492. The lowest BCUT2D eigenvalue weighted by Crippen LogP contribution is -2.42. The normalized spacial score (nSPS) is 19.1. The van der Waals surface area contributed by atoms with E-state index in [1.807, 2.05) is 45.9 Å². The van der Waals surface area contributed by atoms with Gasteiger partial charge in [-0.25, -0.2) is 4.79 Å². The molecule has 168 valence electrons. The second kappa shape index (κ2) is 9.98. The third-order valence-electron chi connectivity index (χ3n) is 5.40. The summed E-state index contributed by atoms with van der Waals surface area (Å²) < 4.78 is 6.33. The molecule has 0 aliphatic heterocycles. The van der Waals surface area contributed by atoms with E-state index in [-0.39, 0.29) is 24.0 Å². The number of fused-ring (bicyclic) bond motifs is 1. The van der Waals surface area contributed by atoms with Crippen molar-refractivity contribution in [3.05, 3.63) is 34.4 Å². The van der Waals surface area contributed by atoms with Gasteiger partial charge in [-0.15, -0.1) is 0 Å². The Kier molecular flexibility index (Phi) is 7.57. The van der Waals surface area contributed by atoms with Crippen LogP contribution in [-0.2, 0) is 4.74 Å². The summed E-state index contributed by atoms with van der Waals surface area (Å²) in [6.07, 6.45) is 6.18. The average Bonchev–Trinajstić information content (AvgIpc) is 2.68. The number of carbonyl (C=O) groups excluding carboxylic acids is 2. The summed E-state index contributed by atoms with van der Waals surface area (Å²) >= 11 is 3.54. The molecule has 0 saturated heterocycles. The monoisotopic (exact) mass is 489 g/mol. The Morgan fingerprint density at radius 1 is 1.16 bits per heavy atom. The number of carbonyl (C=O) groups is 2. The van der Waals surface area contributed by atoms with Gasteiger partial charge in [0.2, 0.25) is 0 Å².